The first-order chi connectivity index (χ1) is 17.5. The van der Waals surface area contributed by atoms with Gasteiger partial charge in [-0.05, 0) is 29.6 Å². The van der Waals surface area contributed by atoms with Crippen LogP contribution in [0.2, 0.25) is 5.02 Å². The van der Waals surface area contributed by atoms with Gasteiger partial charge in [-0.2, -0.15) is 0 Å². The molecule has 3 aromatic rings. The fourth-order valence-corrected chi connectivity index (χ4v) is 4.53. The third-order valence-electron chi connectivity index (χ3n) is 5.81. The molecule has 0 aliphatic carbocycles. The number of amides is 1. The number of nitrogens with zero attached hydrogens (tertiary/aromatic N) is 4. The zero-order chi connectivity index (χ0) is 25.5. The van der Waals surface area contributed by atoms with E-state index < -0.39 is 0 Å². The average molecular weight is 530 g/mol. The Kier molecular flexibility index (Phi) is 9.07. The summed E-state index contributed by atoms with van der Waals surface area (Å²) in [6, 6.07) is 11.3. The van der Waals surface area contributed by atoms with Gasteiger partial charge in [0, 0.05) is 54.6 Å². The number of anilines is 3. The van der Waals surface area contributed by atoms with E-state index in [0.717, 1.165) is 27.9 Å². The molecule has 1 aliphatic rings. The van der Waals surface area contributed by atoms with Gasteiger partial charge in [0.1, 0.15) is 12.4 Å². The van der Waals surface area contributed by atoms with Gasteiger partial charge in [0.05, 0.1) is 37.3 Å². The number of fused-ring (bicyclic) bond motifs is 1. The van der Waals surface area contributed by atoms with Crippen LogP contribution in [0.3, 0.4) is 0 Å². The molecule has 190 valence electrons. The number of rotatable bonds is 10. The molecule has 0 saturated heterocycles. The first-order valence-electron chi connectivity index (χ1n) is 11.6. The van der Waals surface area contributed by atoms with Crippen molar-refractivity contribution < 1.29 is 19.7 Å². The Labute approximate surface area is 217 Å². The summed E-state index contributed by atoms with van der Waals surface area (Å²) in [6.45, 7) is 2.30. The van der Waals surface area contributed by atoms with E-state index in [1.54, 1.807) is 12.4 Å². The number of pyridine rings is 2. The average Bonchev–Trinajstić information content (AvgIpc) is 2.88. The number of aliphatic hydroxyl groups excluding tert-OH is 2. The Hall–Kier alpha value is -2.81. The molecule has 1 unspecified atom stereocenters. The summed E-state index contributed by atoms with van der Waals surface area (Å²) in [5.41, 5.74) is 3.42. The minimum atomic E-state index is -0.191. The van der Waals surface area contributed by atoms with E-state index in [2.05, 4.69) is 29.4 Å². The Balaban J connectivity index is 1.52. The molecule has 0 bridgehead atoms. The highest BCUT2D eigenvalue weighted by Crippen LogP contribution is 2.39. The predicted octanol–water partition coefficient (Wildman–Crippen LogP) is 2.44. The quantitative estimate of drug-likeness (QED) is 0.343. The lowest BCUT2D eigenvalue weighted by atomic mass is 10.1. The van der Waals surface area contributed by atoms with Crippen molar-refractivity contribution in [1.82, 2.24) is 14.9 Å². The molecule has 0 spiro atoms. The number of nitrogens with one attached hydrogen (secondary N) is 1. The van der Waals surface area contributed by atoms with Crippen molar-refractivity contribution in [2.24, 2.45) is 0 Å². The number of aromatic nitrogens is 2. The van der Waals surface area contributed by atoms with Gasteiger partial charge in [0.25, 0.3) is 0 Å². The Morgan fingerprint density at radius 1 is 1.14 bits per heavy atom. The molecule has 11 heteroatoms. The van der Waals surface area contributed by atoms with E-state index in [1.165, 1.54) is 0 Å². The lowest BCUT2D eigenvalue weighted by Crippen LogP contribution is -2.33. The molecule has 3 heterocycles. The molecule has 1 aromatic carbocycles. The van der Waals surface area contributed by atoms with Crippen molar-refractivity contribution in [3.8, 4) is 17.0 Å². The number of ether oxygens (including phenoxy) is 1. The molecule has 1 amide bonds. The number of hydrogen-bond donors (Lipinski definition) is 3. The van der Waals surface area contributed by atoms with Gasteiger partial charge < -0.3 is 25.2 Å². The maximum absolute atomic E-state index is 12.5. The molecule has 0 radical (unpaired) electrons. The molecule has 2 aromatic heterocycles. The molecule has 0 fully saturated rings. The smallest absolute Gasteiger partial charge is 0.226 e. The summed E-state index contributed by atoms with van der Waals surface area (Å²) in [6.07, 6.45) is 3.60. The first kappa shape index (κ1) is 26.3. The standard InChI is InChI=1S/C25H29ClN5O4P/c26-17-1-2-23(36)19(13-17)20-15-21-22(16-28-20)35-12-9-31(21)18-3-5-27-24(14-18)29-25(34)4-6-30(7-10-32)8-11-33/h1-3,5,13-16,32-33H,4,6-12,36H2,(H,27,29,34). The van der Waals surface area contributed by atoms with Gasteiger partial charge in [0.15, 0.2) is 5.75 Å². The minimum absolute atomic E-state index is 0.0286. The van der Waals surface area contributed by atoms with E-state index in [9.17, 15) is 4.79 Å². The van der Waals surface area contributed by atoms with Gasteiger partial charge in [-0.1, -0.05) is 17.7 Å². The largest absolute Gasteiger partial charge is 0.488 e. The SMILES string of the molecule is O=C(CCN(CCO)CCO)Nc1cc(N2CCOc3cnc(-c4cc(Cl)ccc4P)cc32)ccn1. The second-order valence-corrected chi connectivity index (χ2v) is 9.31. The van der Waals surface area contributed by atoms with Gasteiger partial charge in [-0.3, -0.25) is 14.7 Å². The van der Waals surface area contributed by atoms with Crippen molar-refractivity contribution in [2.45, 2.75) is 6.42 Å². The molecule has 3 N–H and O–H groups in total. The van der Waals surface area contributed by atoms with Crippen LogP contribution in [0.4, 0.5) is 17.2 Å². The third-order valence-corrected chi connectivity index (χ3v) is 6.55. The summed E-state index contributed by atoms with van der Waals surface area (Å²) >= 11 is 6.23. The van der Waals surface area contributed by atoms with Crippen LogP contribution < -0.4 is 20.3 Å². The van der Waals surface area contributed by atoms with Crippen LogP contribution in [0.1, 0.15) is 6.42 Å². The fourth-order valence-electron chi connectivity index (χ4n) is 4.03. The predicted molar refractivity (Wildman–Crippen MR) is 145 cm³/mol. The molecule has 9 nitrogen and oxygen atoms in total. The topological polar surface area (TPSA) is 111 Å². The second kappa shape index (κ2) is 12.4. The summed E-state index contributed by atoms with van der Waals surface area (Å²) in [5, 5.41) is 22.7. The zero-order valence-electron chi connectivity index (χ0n) is 19.7. The monoisotopic (exact) mass is 529 g/mol. The minimum Gasteiger partial charge on any atom is -0.488 e. The normalized spacial score (nSPS) is 12.9. The molecule has 36 heavy (non-hydrogen) atoms. The number of halogens is 1. The van der Waals surface area contributed by atoms with E-state index in [1.807, 2.05) is 41.3 Å². The van der Waals surface area contributed by atoms with Crippen LogP contribution in [-0.2, 0) is 4.79 Å². The molecule has 1 atom stereocenters. The summed E-state index contributed by atoms with van der Waals surface area (Å²) in [7, 11) is 2.71. The lowest BCUT2D eigenvalue weighted by molar-refractivity contribution is -0.116. The van der Waals surface area contributed by atoms with Gasteiger partial charge in [-0.15, -0.1) is 9.24 Å². The van der Waals surface area contributed by atoms with Crippen LogP contribution in [0.25, 0.3) is 11.3 Å². The van der Waals surface area contributed by atoms with E-state index >= 15 is 0 Å². The first-order valence-corrected chi connectivity index (χ1v) is 12.6. The molecule has 0 saturated carbocycles. The highest BCUT2D eigenvalue weighted by atomic mass is 35.5. The number of carbonyl (C=O) groups excluding carboxylic acids is 1. The number of carbonyl (C=O) groups is 1. The summed E-state index contributed by atoms with van der Waals surface area (Å²) in [4.78, 5) is 25.3. The maximum Gasteiger partial charge on any atom is 0.226 e. The van der Waals surface area contributed by atoms with Crippen molar-refractivity contribution in [3.05, 3.63) is 53.8 Å². The van der Waals surface area contributed by atoms with Crippen molar-refractivity contribution in [1.29, 1.82) is 0 Å². The van der Waals surface area contributed by atoms with E-state index in [0.29, 0.717) is 49.4 Å². The number of benzene rings is 1. The molecular formula is C25H29ClN5O4P. The summed E-state index contributed by atoms with van der Waals surface area (Å²) < 4.78 is 5.85. The molecule has 4 rings (SSSR count). The molecular weight excluding hydrogens is 501 g/mol. The van der Waals surface area contributed by atoms with Crippen LogP contribution in [0, 0.1) is 0 Å². The number of aliphatic hydroxyl groups is 2. The highest BCUT2D eigenvalue weighted by molar-refractivity contribution is 7.28. The van der Waals surface area contributed by atoms with Gasteiger partial charge >= 0.3 is 0 Å². The fraction of sp³-hybridized carbons (Fsp3) is 0.320. The lowest BCUT2D eigenvalue weighted by Gasteiger charge is -2.31. The van der Waals surface area contributed by atoms with Crippen LogP contribution >= 0.6 is 20.8 Å². The second-order valence-electron chi connectivity index (χ2n) is 8.26. The van der Waals surface area contributed by atoms with Gasteiger partial charge in [-0.25, -0.2) is 4.98 Å². The summed E-state index contributed by atoms with van der Waals surface area (Å²) in [5.74, 6) is 0.925. The zero-order valence-corrected chi connectivity index (χ0v) is 21.6. The van der Waals surface area contributed by atoms with Crippen LogP contribution in [-0.4, -0.2) is 77.0 Å². The van der Waals surface area contributed by atoms with Gasteiger partial charge in [0.2, 0.25) is 5.91 Å². The highest BCUT2D eigenvalue weighted by Gasteiger charge is 2.22. The number of hydrogen-bond acceptors (Lipinski definition) is 8. The molecule has 1 aliphatic heterocycles. The Morgan fingerprint density at radius 3 is 2.72 bits per heavy atom. The van der Waals surface area contributed by atoms with Crippen molar-refractivity contribution in [3.63, 3.8) is 0 Å². The van der Waals surface area contributed by atoms with Crippen molar-refractivity contribution in [2.75, 3.05) is 56.2 Å². The van der Waals surface area contributed by atoms with Crippen molar-refractivity contribution >= 4 is 49.2 Å². The maximum atomic E-state index is 12.5. The van der Waals surface area contributed by atoms with E-state index in [4.69, 9.17) is 26.6 Å². The van der Waals surface area contributed by atoms with E-state index in [-0.39, 0.29) is 25.5 Å². The van der Waals surface area contributed by atoms with Crippen LogP contribution in [0.15, 0.2) is 48.8 Å². The Morgan fingerprint density at radius 2 is 1.94 bits per heavy atom. The van der Waals surface area contributed by atoms with Crippen LogP contribution in [0.5, 0.6) is 5.75 Å². The Bertz CT molecular complexity index is 1210. The third kappa shape index (κ3) is 6.49.